The lowest BCUT2D eigenvalue weighted by Crippen LogP contribution is -2.62. The number of carbonyl (C=O) groups is 3. The number of fused-ring (bicyclic) bond motifs is 3. The van der Waals surface area contributed by atoms with Crippen LogP contribution < -0.4 is 10.6 Å². The molecule has 0 fully saturated rings. The Hall–Kier alpha value is -8.05. The predicted octanol–water partition coefficient (Wildman–Crippen LogP) is 11.4. The number of carboxylic acid groups (broad SMARTS) is 1. The Kier molecular flexibility index (Phi) is 12.9. The molecule has 7 aromatic rings. The molecule has 11 nitrogen and oxygen atoms in total. The van der Waals surface area contributed by atoms with Crippen molar-refractivity contribution in [2.45, 2.75) is 36.8 Å². The van der Waals surface area contributed by atoms with E-state index in [0.29, 0.717) is 33.9 Å². The minimum Gasteiger partial charge on any atom is -0.479 e. The zero-order chi connectivity index (χ0) is 43.4. The number of nitrogens with zero attached hydrogens (tertiary/aromatic N) is 4. The van der Waals surface area contributed by atoms with E-state index in [9.17, 15) is 19.5 Å². The van der Waals surface area contributed by atoms with Crippen LogP contribution in [-0.4, -0.2) is 41.3 Å². The van der Waals surface area contributed by atoms with Gasteiger partial charge in [0.1, 0.15) is 18.2 Å². The summed E-state index contributed by atoms with van der Waals surface area (Å²) < 4.78 is 5.87. The second-order valence-electron chi connectivity index (χ2n) is 15.3. The Balaban J connectivity index is 1.05. The van der Waals surface area contributed by atoms with Crippen molar-refractivity contribution in [2.24, 2.45) is 20.5 Å². The van der Waals surface area contributed by atoms with Gasteiger partial charge in [-0.1, -0.05) is 140 Å². The van der Waals surface area contributed by atoms with Crippen LogP contribution in [0, 0.1) is 0 Å². The maximum absolute atomic E-state index is 14.6. The standard InChI is InChI=1S/C52H44N6O5/c59-49(48(32-36-14-4-1-5-15-36)53-51(62)63-35-47-45-22-12-10-20-43(45)44-21-11-13-23-46(44)47)54-52(50(60)61,33-37-24-28-41(29-25-37)57-55-39-16-6-2-7-17-39)34-38-26-30-42(31-27-38)58-56-40-18-8-3-9-19-40/h1-31,47-48H,32-35H2,(H,53,62)(H,54,59)(H,60,61)/t48-,52?/m0/s1. The second kappa shape index (κ2) is 19.6. The van der Waals surface area contributed by atoms with Crippen LogP contribution in [0.5, 0.6) is 0 Å². The van der Waals surface area contributed by atoms with Crippen molar-refractivity contribution in [3.8, 4) is 11.1 Å². The number of alkyl carbamates (subject to hydrolysis) is 1. The normalized spacial score (nSPS) is 13.5. The third-order valence-corrected chi connectivity index (χ3v) is 11.0. The molecule has 0 saturated heterocycles. The third-order valence-electron chi connectivity index (χ3n) is 11.0. The molecule has 11 heteroatoms. The molecule has 1 aliphatic carbocycles. The van der Waals surface area contributed by atoms with Gasteiger partial charge in [0.05, 0.1) is 22.7 Å². The fourth-order valence-electron chi connectivity index (χ4n) is 7.80. The number of benzene rings is 7. The van der Waals surface area contributed by atoms with E-state index < -0.39 is 29.6 Å². The van der Waals surface area contributed by atoms with E-state index in [-0.39, 0.29) is 31.8 Å². The van der Waals surface area contributed by atoms with Gasteiger partial charge in [0, 0.05) is 25.2 Å². The molecule has 0 saturated carbocycles. The minimum absolute atomic E-state index is 0.0421. The first-order chi connectivity index (χ1) is 30.8. The number of amides is 2. The summed E-state index contributed by atoms with van der Waals surface area (Å²) in [6.07, 6.45) is -0.908. The largest absolute Gasteiger partial charge is 0.479 e. The van der Waals surface area contributed by atoms with E-state index in [1.807, 2.05) is 127 Å². The summed E-state index contributed by atoms with van der Waals surface area (Å²) in [5.74, 6) is -2.13. The molecule has 0 heterocycles. The van der Waals surface area contributed by atoms with Crippen LogP contribution in [0.1, 0.15) is 33.7 Å². The van der Waals surface area contributed by atoms with Crippen LogP contribution in [-0.2, 0) is 33.6 Å². The summed E-state index contributed by atoms with van der Waals surface area (Å²) in [7, 11) is 0. The van der Waals surface area contributed by atoms with Crippen LogP contribution in [0.2, 0.25) is 0 Å². The lowest BCUT2D eigenvalue weighted by Gasteiger charge is -2.33. The zero-order valence-electron chi connectivity index (χ0n) is 34.3. The SMILES string of the molecule is O=C(N[C@@H](Cc1ccccc1)C(=O)NC(Cc1ccc(N=Nc2ccccc2)cc1)(Cc1ccc(N=Nc2ccccc2)cc1)C(=O)O)OCC1c2ccccc2-c2ccccc21. The summed E-state index contributed by atoms with van der Waals surface area (Å²) >= 11 is 0. The van der Waals surface area contributed by atoms with Gasteiger partial charge in [0.25, 0.3) is 0 Å². The topological polar surface area (TPSA) is 154 Å². The number of aliphatic carboxylic acids is 1. The smallest absolute Gasteiger partial charge is 0.407 e. The number of ether oxygens (including phenoxy) is 1. The molecule has 1 atom stereocenters. The number of azo groups is 2. The van der Waals surface area contributed by atoms with E-state index in [4.69, 9.17) is 4.74 Å². The molecule has 0 bridgehead atoms. The van der Waals surface area contributed by atoms with Gasteiger partial charge < -0.3 is 20.5 Å². The minimum atomic E-state index is -1.87. The molecule has 312 valence electrons. The Labute approximate surface area is 365 Å². The van der Waals surface area contributed by atoms with Crippen molar-refractivity contribution in [3.05, 3.63) is 216 Å². The Bertz CT molecular complexity index is 2590. The van der Waals surface area contributed by atoms with E-state index in [2.05, 4.69) is 43.2 Å². The van der Waals surface area contributed by atoms with Crippen molar-refractivity contribution < 1.29 is 24.2 Å². The maximum Gasteiger partial charge on any atom is 0.407 e. The number of rotatable bonds is 16. The molecule has 0 spiro atoms. The van der Waals surface area contributed by atoms with E-state index in [1.165, 1.54) is 0 Å². The molecule has 7 aromatic carbocycles. The van der Waals surface area contributed by atoms with Crippen LogP contribution in [0.3, 0.4) is 0 Å². The highest BCUT2D eigenvalue weighted by molar-refractivity contribution is 5.92. The van der Waals surface area contributed by atoms with E-state index in [0.717, 1.165) is 27.8 Å². The van der Waals surface area contributed by atoms with E-state index >= 15 is 0 Å². The predicted molar refractivity (Wildman–Crippen MR) is 242 cm³/mol. The monoisotopic (exact) mass is 832 g/mol. The first-order valence-corrected chi connectivity index (χ1v) is 20.6. The Morgan fingerprint density at radius 2 is 0.937 bits per heavy atom. The second-order valence-corrected chi connectivity index (χ2v) is 15.3. The quantitative estimate of drug-likeness (QED) is 0.0827. The summed E-state index contributed by atoms with van der Waals surface area (Å²) in [4.78, 5) is 42.0. The third kappa shape index (κ3) is 10.5. The Morgan fingerprint density at radius 1 is 0.524 bits per heavy atom. The number of hydrogen-bond acceptors (Lipinski definition) is 8. The summed E-state index contributed by atoms with van der Waals surface area (Å²) in [5, 5.41) is 34.1. The van der Waals surface area contributed by atoms with Crippen LogP contribution in [0.4, 0.5) is 27.5 Å². The lowest BCUT2D eigenvalue weighted by atomic mass is 9.84. The number of nitrogens with one attached hydrogen (secondary N) is 2. The van der Waals surface area contributed by atoms with Crippen LogP contribution >= 0.6 is 0 Å². The first-order valence-electron chi connectivity index (χ1n) is 20.6. The first kappa shape index (κ1) is 41.7. The molecule has 1 aliphatic rings. The van der Waals surface area contributed by atoms with Crippen molar-refractivity contribution in [2.75, 3.05) is 6.61 Å². The fraction of sp³-hybridized carbons (Fsp3) is 0.135. The summed E-state index contributed by atoms with van der Waals surface area (Å²) in [6, 6.07) is 56.8. The summed E-state index contributed by atoms with van der Waals surface area (Å²) in [6.45, 7) is 0.0421. The summed E-state index contributed by atoms with van der Waals surface area (Å²) in [5.41, 5.74) is 6.97. The van der Waals surface area contributed by atoms with Crippen LogP contribution in [0.15, 0.2) is 209 Å². The molecule has 2 amide bonds. The van der Waals surface area contributed by atoms with Gasteiger partial charge in [-0.2, -0.15) is 20.5 Å². The highest BCUT2D eigenvalue weighted by Gasteiger charge is 2.42. The molecule has 3 N–H and O–H groups in total. The molecule has 0 aliphatic heterocycles. The maximum atomic E-state index is 14.6. The molecular weight excluding hydrogens is 789 g/mol. The average Bonchev–Trinajstić information content (AvgIpc) is 3.64. The molecule has 0 aromatic heterocycles. The molecule has 8 rings (SSSR count). The molecular formula is C52H44N6O5. The van der Waals surface area contributed by atoms with Gasteiger partial charge >= 0.3 is 12.1 Å². The van der Waals surface area contributed by atoms with Crippen molar-refractivity contribution >= 4 is 40.7 Å². The van der Waals surface area contributed by atoms with Gasteiger partial charge in [0.15, 0.2) is 0 Å². The Morgan fingerprint density at radius 3 is 1.40 bits per heavy atom. The highest BCUT2D eigenvalue weighted by Crippen LogP contribution is 2.44. The van der Waals surface area contributed by atoms with Gasteiger partial charge in [-0.15, -0.1) is 0 Å². The van der Waals surface area contributed by atoms with Gasteiger partial charge in [-0.05, 0) is 87.5 Å². The fourth-order valence-corrected chi connectivity index (χ4v) is 7.80. The van der Waals surface area contributed by atoms with E-state index in [1.54, 1.807) is 48.5 Å². The number of carboxylic acids is 1. The molecule has 63 heavy (non-hydrogen) atoms. The van der Waals surface area contributed by atoms with Gasteiger partial charge in [0.2, 0.25) is 5.91 Å². The molecule has 0 radical (unpaired) electrons. The van der Waals surface area contributed by atoms with Crippen LogP contribution in [0.25, 0.3) is 11.1 Å². The number of hydrogen-bond donors (Lipinski definition) is 3. The highest BCUT2D eigenvalue weighted by atomic mass is 16.5. The number of carbonyl (C=O) groups excluding carboxylic acids is 2. The van der Waals surface area contributed by atoms with Crippen molar-refractivity contribution in [1.29, 1.82) is 0 Å². The van der Waals surface area contributed by atoms with Gasteiger partial charge in [-0.3, -0.25) is 4.79 Å². The molecule has 0 unspecified atom stereocenters. The van der Waals surface area contributed by atoms with Gasteiger partial charge in [-0.25, -0.2) is 9.59 Å². The lowest BCUT2D eigenvalue weighted by molar-refractivity contribution is -0.148. The zero-order valence-corrected chi connectivity index (χ0v) is 34.3. The van der Waals surface area contributed by atoms with Crippen molar-refractivity contribution in [1.82, 2.24) is 10.6 Å². The average molecular weight is 833 g/mol. The van der Waals surface area contributed by atoms with Crippen molar-refractivity contribution in [3.63, 3.8) is 0 Å².